The van der Waals surface area contributed by atoms with Gasteiger partial charge in [0.15, 0.2) is 11.2 Å². The minimum absolute atomic E-state index is 0.0330. The van der Waals surface area contributed by atoms with Crippen LogP contribution in [-0.4, -0.2) is 36.5 Å². The Labute approximate surface area is 203 Å². The molecule has 1 fully saturated rings. The van der Waals surface area contributed by atoms with Crippen LogP contribution in [0.1, 0.15) is 51.5 Å². The molecule has 5 rings (SSSR count). The predicted molar refractivity (Wildman–Crippen MR) is 136 cm³/mol. The Morgan fingerprint density at radius 2 is 1.86 bits per heavy atom. The number of imidazole rings is 1. The number of aliphatic hydroxyl groups excluding tert-OH is 1. The van der Waals surface area contributed by atoms with E-state index in [0.29, 0.717) is 23.5 Å². The minimum atomic E-state index is -1.03. The van der Waals surface area contributed by atoms with Crippen LogP contribution in [0.3, 0.4) is 0 Å². The van der Waals surface area contributed by atoms with Crippen LogP contribution in [0.15, 0.2) is 58.4 Å². The van der Waals surface area contributed by atoms with E-state index >= 15 is 0 Å². The fraction of sp³-hybridized carbons (Fsp3) is 0.444. The van der Waals surface area contributed by atoms with Gasteiger partial charge in [0.1, 0.15) is 18.5 Å². The van der Waals surface area contributed by atoms with E-state index in [-0.39, 0.29) is 19.2 Å². The highest BCUT2D eigenvalue weighted by Gasteiger charge is 2.24. The Hall–Kier alpha value is -3.39. The number of hydrogen-bond donors (Lipinski definition) is 1. The van der Waals surface area contributed by atoms with Gasteiger partial charge in [-0.25, -0.2) is 9.78 Å². The molecule has 0 aliphatic heterocycles. The summed E-state index contributed by atoms with van der Waals surface area (Å²) in [5, 5.41) is 12.8. The lowest BCUT2D eigenvalue weighted by Crippen LogP contribution is -2.44. The molecule has 2 aromatic carbocycles. The molecule has 1 aliphatic rings. The van der Waals surface area contributed by atoms with Crippen molar-refractivity contribution < 1.29 is 9.84 Å². The van der Waals surface area contributed by atoms with Crippen molar-refractivity contribution in [3.63, 3.8) is 0 Å². The maximum Gasteiger partial charge on any atom is 0.332 e. The molecule has 0 amide bonds. The van der Waals surface area contributed by atoms with Crippen molar-refractivity contribution in [2.24, 2.45) is 0 Å². The van der Waals surface area contributed by atoms with Crippen LogP contribution < -0.4 is 16.0 Å². The number of ether oxygens (including phenoxy) is 1. The molecule has 0 bridgehead atoms. The summed E-state index contributed by atoms with van der Waals surface area (Å²) in [7, 11) is 0. The number of fused-ring (bicyclic) bond motifs is 2. The van der Waals surface area contributed by atoms with Crippen LogP contribution in [0.2, 0.25) is 0 Å². The van der Waals surface area contributed by atoms with Gasteiger partial charge in [-0.3, -0.25) is 13.9 Å². The Bertz CT molecular complexity index is 1440. The number of aliphatic hydroxyl groups is 1. The number of hydrogen-bond acceptors (Lipinski definition) is 5. The van der Waals surface area contributed by atoms with E-state index in [1.165, 1.54) is 0 Å². The van der Waals surface area contributed by atoms with E-state index in [0.717, 1.165) is 53.9 Å². The van der Waals surface area contributed by atoms with Gasteiger partial charge in [-0.1, -0.05) is 62.6 Å². The minimum Gasteiger partial charge on any atom is -0.490 e. The third-order valence-electron chi connectivity index (χ3n) is 6.97. The lowest BCUT2D eigenvalue weighted by Gasteiger charge is -2.17. The summed E-state index contributed by atoms with van der Waals surface area (Å²) in [6, 6.07) is 13.8. The lowest BCUT2D eigenvalue weighted by atomic mass is 10.1. The predicted octanol–water partition coefficient (Wildman–Crippen LogP) is 3.87. The highest BCUT2D eigenvalue weighted by molar-refractivity contribution is 5.88. The number of unbranched alkanes of at least 4 members (excludes halogenated alkanes) is 1. The molecule has 1 aliphatic carbocycles. The molecule has 1 saturated carbocycles. The zero-order chi connectivity index (χ0) is 24.4. The SMILES string of the molecule is CCCCn1c(=O)n(C[C@H](O)COc2cccc3ccccc23)c(=O)c2c1ncn2C1CCCC1. The van der Waals surface area contributed by atoms with Crippen LogP contribution in [0.25, 0.3) is 21.9 Å². The monoisotopic (exact) mass is 476 g/mol. The van der Waals surface area contributed by atoms with Gasteiger partial charge in [0.2, 0.25) is 0 Å². The summed E-state index contributed by atoms with van der Waals surface area (Å²) in [5.74, 6) is 0.657. The molecule has 4 aromatic rings. The Kier molecular flexibility index (Phi) is 6.72. The molecule has 1 N–H and O–H groups in total. The number of nitrogens with zero attached hydrogens (tertiary/aromatic N) is 4. The van der Waals surface area contributed by atoms with Crippen molar-refractivity contribution in [2.75, 3.05) is 6.61 Å². The van der Waals surface area contributed by atoms with Gasteiger partial charge >= 0.3 is 5.69 Å². The molecular weight excluding hydrogens is 444 g/mol. The first-order valence-electron chi connectivity index (χ1n) is 12.6. The second kappa shape index (κ2) is 10.1. The first kappa shape index (κ1) is 23.4. The molecule has 8 nitrogen and oxygen atoms in total. The Balaban J connectivity index is 1.46. The van der Waals surface area contributed by atoms with Crippen molar-refractivity contribution in [2.45, 2.75) is 70.7 Å². The normalized spacial score (nSPS) is 15.3. The summed E-state index contributed by atoms with van der Waals surface area (Å²) in [6.07, 6.45) is 6.64. The van der Waals surface area contributed by atoms with Gasteiger partial charge in [0.25, 0.3) is 5.56 Å². The molecule has 8 heteroatoms. The van der Waals surface area contributed by atoms with Crippen molar-refractivity contribution >= 4 is 21.9 Å². The van der Waals surface area contributed by atoms with Crippen molar-refractivity contribution in [3.8, 4) is 5.75 Å². The molecule has 0 saturated heterocycles. The summed E-state index contributed by atoms with van der Waals surface area (Å²) in [5.41, 5.74) is 0.0658. The number of rotatable bonds is 9. The second-order valence-electron chi connectivity index (χ2n) is 9.41. The summed E-state index contributed by atoms with van der Waals surface area (Å²) < 4.78 is 10.6. The molecular formula is C27H32N4O4. The van der Waals surface area contributed by atoms with Crippen molar-refractivity contribution in [1.82, 2.24) is 18.7 Å². The fourth-order valence-electron chi connectivity index (χ4n) is 5.11. The average molecular weight is 477 g/mol. The molecule has 0 radical (unpaired) electrons. The van der Waals surface area contributed by atoms with E-state index in [1.54, 1.807) is 10.9 Å². The Morgan fingerprint density at radius 3 is 2.66 bits per heavy atom. The molecule has 35 heavy (non-hydrogen) atoms. The topological polar surface area (TPSA) is 91.3 Å². The fourth-order valence-corrected chi connectivity index (χ4v) is 5.11. The van der Waals surface area contributed by atoms with Crippen LogP contribution in [0, 0.1) is 0 Å². The molecule has 0 unspecified atom stereocenters. The van der Waals surface area contributed by atoms with E-state index in [4.69, 9.17) is 4.74 Å². The highest BCUT2D eigenvalue weighted by atomic mass is 16.5. The van der Waals surface area contributed by atoms with Gasteiger partial charge in [-0.2, -0.15) is 0 Å². The van der Waals surface area contributed by atoms with E-state index in [2.05, 4.69) is 11.9 Å². The van der Waals surface area contributed by atoms with Gasteiger partial charge in [-0.05, 0) is 30.7 Å². The van der Waals surface area contributed by atoms with Crippen LogP contribution in [-0.2, 0) is 13.1 Å². The lowest BCUT2D eigenvalue weighted by molar-refractivity contribution is 0.0909. The third-order valence-corrected chi connectivity index (χ3v) is 6.97. The second-order valence-corrected chi connectivity index (χ2v) is 9.41. The van der Waals surface area contributed by atoms with Gasteiger partial charge < -0.3 is 14.4 Å². The van der Waals surface area contributed by atoms with E-state index in [1.807, 2.05) is 47.0 Å². The molecule has 184 valence electrons. The summed E-state index contributed by atoms with van der Waals surface area (Å²) in [6.45, 7) is 2.37. The van der Waals surface area contributed by atoms with Crippen molar-refractivity contribution in [3.05, 3.63) is 69.6 Å². The van der Waals surface area contributed by atoms with Gasteiger partial charge in [0.05, 0.1) is 12.9 Å². The summed E-state index contributed by atoms with van der Waals surface area (Å²) >= 11 is 0. The third kappa shape index (κ3) is 4.50. The number of benzene rings is 2. The maximum absolute atomic E-state index is 13.5. The zero-order valence-corrected chi connectivity index (χ0v) is 20.1. The smallest absolute Gasteiger partial charge is 0.332 e. The summed E-state index contributed by atoms with van der Waals surface area (Å²) in [4.78, 5) is 31.4. The van der Waals surface area contributed by atoms with Crippen molar-refractivity contribution in [1.29, 1.82) is 0 Å². The van der Waals surface area contributed by atoms with Crippen LogP contribution in [0.4, 0.5) is 0 Å². The van der Waals surface area contributed by atoms with Crippen LogP contribution >= 0.6 is 0 Å². The van der Waals surface area contributed by atoms with E-state index < -0.39 is 17.4 Å². The largest absolute Gasteiger partial charge is 0.490 e. The molecule has 2 aromatic heterocycles. The standard InChI is InChI=1S/C27H32N4O4/c1-2-3-15-29-25-24(31(18-28-25)20-11-5-6-12-20)26(33)30(27(29)34)16-21(32)17-35-23-14-8-10-19-9-4-7-13-22(19)23/h4,7-10,13-14,18,20-21,32H,2-3,5-6,11-12,15-17H2,1H3/t21-/m0/s1. The molecule has 1 atom stereocenters. The zero-order valence-electron chi connectivity index (χ0n) is 20.1. The first-order chi connectivity index (χ1) is 17.1. The maximum atomic E-state index is 13.5. The molecule has 0 spiro atoms. The van der Waals surface area contributed by atoms with Crippen LogP contribution in [0.5, 0.6) is 5.75 Å². The number of aromatic nitrogens is 4. The highest BCUT2D eigenvalue weighted by Crippen LogP contribution is 2.31. The van der Waals surface area contributed by atoms with E-state index in [9.17, 15) is 14.7 Å². The average Bonchev–Trinajstić information content (AvgIpc) is 3.55. The Morgan fingerprint density at radius 1 is 1.09 bits per heavy atom. The first-order valence-corrected chi connectivity index (χ1v) is 12.6. The quantitative estimate of drug-likeness (QED) is 0.396. The molecule has 2 heterocycles. The number of aryl methyl sites for hydroxylation is 1. The van der Waals surface area contributed by atoms with Gasteiger partial charge in [0, 0.05) is 18.0 Å². The van der Waals surface area contributed by atoms with Gasteiger partial charge in [-0.15, -0.1) is 0 Å².